The molecule has 2 rings (SSSR count). The van der Waals surface area contributed by atoms with Gasteiger partial charge in [0.05, 0.1) is 0 Å². The Morgan fingerprint density at radius 1 is 1.30 bits per heavy atom. The van der Waals surface area contributed by atoms with Gasteiger partial charge in [0.25, 0.3) is 0 Å². The second-order valence-corrected chi connectivity index (χ2v) is 4.11. The highest BCUT2D eigenvalue weighted by Gasteiger charge is 2.09. The smallest absolute Gasteiger partial charge is 0.354 e. The van der Waals surface area contributed by atoms with Crippen LogP contribution in [-0.4, -0.2) is 21.0 Å². The van der Waals surface area contributed by atoms with E-state index in [-0.39, 0.29) is 23.8 Å². The van der Waals surface area contributed by atoms with Gasteiger partial charge in [0.15, 0.2) is 5.69 Å². The van der Waals surface area contributed by atoms with E-state index in [1.54, 1.807) is 6.92 Å². The van der Waals surface area contributed by atoms with Crippen LogP contribution < -0.4 is 5.32 Å². The van der Waals surface area contributed by atoms with Gasteiger partial charge in [-0.25, -0.2) is 23.5 Å². The molecule has 20 heavy (non-hydrogen) atoms. The van der Waals surface area contributed by atoms with E-state index >= 15 is 0 Å². The topological polar surface area (TPSA) is 75.1 Å². The Balaban J connectivity index is 2.18. The first kappa shape index (κ1) is 13.9. The van der Waals surface area contributed by atoms with Crippen molar-refractivity contribution in [2.24, 2.45) is 0 Å². The van der Waals surface area contributed by atoms with Crippen LogP contribution >= 0.6 is 0 Å². The van der Waals surface area contributed by atoms with E-state index in [4.69, 9.17) is 5.11 Å². The van der Waals surface area contributed by atoms with Crippen molar-refractivity contribution in [2.75, 3.05) is 5.32 Å². The summed E-state index contributed by atoms with van der Waals surface area (Å²) in [5.41, 5.74) is 0.395. The fraction of sp³-hybridized carbons (Fsp3) is 0.154. The van der Waals surface area contributed by atoms with E-state index in [1.165, 1.54) is 6.07 Å². The first-order chi connectivity index (χ1) is 9.45. The molecule has 1 aromatic heterocycles. The average Bonchev–Trinajstić information content (AvgIpc) is 2.39. The van der Waals surface area contributed by atoms with Crippen molar-refractivity contribution in [3.05, 3.63) is 52.9 Å². The number of aromatic carboxylic acids is 1. The zero-order valence-corrected chi connectivity index (χ0v) is 10.5. The number of nitrogens with one attached hydrogen (secondary N) is 1. The lowest BCUT2D eigenvalue weighted by Crippen LogP contribution is -2.10. The maximum atomic E-state index is 13.4. The number of benzene rings is 1. The summed E-state index contributed by atoms with van der Waals surface area (Å²) in [4.78, 5) is 18.6. The Hall–Kier alpha value is -2.57. The Kier molecular flexibility index (Phi) is 3.88. The lowest BCUT2D eigenvalue weighted by atomic mass is 10.2. The molecule has 7 heteroatoms. The second-order valence-electron chi connectivity index (χ2n) is 4.11. The molecular formula is C13H11F2N3O2. The molecule has 0 atom stereocenters. The molecule has 2 aromatic rings. The maximum absolute atomic E-state index is 13.4. The van der Waals surface area contributed by atoms with Gasteiger partial charge in [-0.2, -0.15) is 0 Å². The molecule has 0 radical (unpaired) electrons. The summed E-state index contributed by atoms with van der Waals surface area (Å²) < 4.78 is 26.4. The minimum atomic E-state index is -1.18. The molecule has 0 spiro atoms. The quantitative estimate of drug-likeness (QED) is 0.898. The molecule has 0 saturated heterocycles. The molecule has 2 N–H and O–H groups in total. The van der Waals surface area contributed by atoms with Gasteiger partial charge < -0.3 is 10.4 Å². The molecule has 0 amide bonds. The van der Waals surface area contributed by atoms with Gasteiger partial charge >= 0.3 is 5.97 Å². The monoisotopic (exact) mass is 279 g/mol. The van der Waals surface area contributed by atoms with Crippen LogP contribution in [0.3, 0.4) is 0 Å². The third-order valence-corrected chi connectivity index (χ3v) is 2.52. The van der Waals surface area contributed by atoms with E-state index in [0.717, 1.165) is 18.2 Å². The van der Waals surface area contributed by atoms with Crippen molar-refractivity contribution < 1.29 is 18.7 Å². The molecule has 0 fully saturated rings. The number of carbonyl (C=O) groups is 1. The number of halogens is 2. The number of hydrogen-bond donors (Lipinski definition) is 2. The zero-order chi connectivity index (χ0) is 14.7. The number of aryl methyl sites for hydroxylation is 1. The fourth-order valence-corrected chi connectivity index (χ4v) is 1.61. The van der Waals surface area contributed by atoms with E-state index in [9.17, 15) is 13.6 Å². The number of anilines is 1. The summed E-state index contributed by atoms with van der Waals surface area (Å²) in [5.74, 6) is -2.26. The van der Waals surface area contributed by atoms with Crippen molar-refractivity contribution in [3.8, 4) is 0 Å². The molecule has 1 aromatic carbocycles. The molecule has 0 aliphatic heterocycles. The highest BCUT2D eigenvalue weighted by atomic mass is 19.1. The SMILES string of the molecule is Cc1cc(C(=O)O)nc(NCc2cc(F)ccc2F)n1. The van der Waals surface area contributed by atoms with E-state index in [1.807, 2.05) is 0 Å². The number of nitrogens with zero attached hydrogens (tertiary/aromatic N) is 2. The Labute approximate surface area is 113 Å². The Bertz CT molecular complexity index is 662. The molecule has 5 nitrogen and oxygen atoms in total. The molecule has 0 aliphatic rings. The van der Waals surface area contributed by atoms with E-state index in [2.05, 4.69) is 15.3 Å². The molecule has 0 aliphatic carbocycles. The highest BCUT2D eigenvalue weighted by Crippen LogP contribution is 2.12. The second kappa shape index (κ2) is 5.60. The van der Waals surface area contributed by atoms with Crippen LogP contribution in [0.2, 0.25) is 0 Å². The van der Waals surface area contributed by atoms with Gasteiger partial charge in [0.2, 0.25) is 5.95 Å². The van der Waals surface area contributed by atoms with Crippen LogP contribution in [0.25, 0.3) is 0 Å². The number of carboxylic acid groups (broad SMARTS) is 1. The number of carboxylic acids is 1. The third-order valence-electron chi connectivity index (χ3n) is 2.52. The standard InChI is InChI=1S/C13H11F2N3O2/c1-7-4-11(12(19)20)18-13(17-7)16-6-8-5-9(14)2-3-10(8)15/h2-5H,6H2,1H3,(H,19,20)(H,16,17,18). The van der Waals surface area contributed by atoms with Crippen LogP contribution in [0.15, 0.2) is 24.3 Å². The summed E-state index contributed by atoms with van der Waals surface area (Å²) >= 11 is 0. The largest absolute Gasteiger partial charge is 0.477 e. The number of hydrogen-bond acceptors (Lipinski definition) is 4. The van der Waals surface area contributed by atoms with Crippen LogP contribution in [-0.2, 0) is 6.54 Å². The lowest BCUT2D eigenvalue weighted by Gasteiger charge is -2.07. The summed E-state index contributed by atoms with van der Waals surface area (Å²) in [6.45, 7) is 1.56. The summed E-state index contributed by atoms with van der Waals surface area (Å²) in [7, 11) is 0. The Morgan fingerprint density at radius 2 is 2.05 bits per heavy atom. The molecule has 0 unspecified atom stereocenters. The first-order valence-electron chi connectivity index (χ1n) is 5.72. The summed E-state index contributed by atoms with van der Waals surface area (Å²) in [5, 5.41) is 11.5. The predicted octanol–water partition coefficient (Wildman–Crippen LogP) is 2.37. The molecule has 0 bridgehead atoms. The normalized spacial score (nSPS) is 10.3. The predicted molar refractivity (Wildman–Crippen MR) is 67.4 cm³/mol. The van der Waals surface area contributed by atoms with Gasteiger partial charge in [-0.1, -0.05) is 0 Å². The Morgan fingerprint density at radius 3 is 2.75 bits per heavy atom. The molecule has 1 heterocycles. The van der Waals surface area contributed by atoms with E-state index < -0.39 is 17.6 Å². The summed E-state index contributed by atoms with van der Waals surface area (Å²) in [6, 6.07) is 4.41. The van der Waals surface area contributed by atoms with Gasteiger partial charge in [0.1, 0.15) is 11.6 Å². The van der Waals surface area contributed by atoms with Gasteiger partial charge in [-0.15, -0.1) is 0 Å². The maximum Gasteiger partial charge on any atom is 0.354 e. The highest BCUT2D eigenvalue weighted by molar-refractivity contribution is 5.85. The van der Waals surface area contributed by atoms with Crippen molar-refractivity contribution in [1.29, 1.82) is 0 Å². The zero-order valence-electron chi connectivity index (χ0n) is 10.5. The first-order valence-corrected chi connectivity index (χ1v) is 5.72. The number of rotatable bonds is 4. The van der Waals surface area contributed by atoms with E-state index in [0.29, 0.717) is 5.69 Å². The van der Waals surface area contributed by atoms with Crippen molar-refractivity contribution >= 4 is 11.9 Å². The number of aromatic nitrogens is 2. The average molecular weight is 279 g/mol. The fourth-order valence-electron chi connectivity index (χ4n) is 1.61. The minimum Gasteiger partial charge on any atom is -0.477 e. The lowest BCUT2D eigenvalue weighted by molar-refractivity contribution is 0.0690. The minimum absolute atomic E-state index is 0.0473. The summed E-state index contributed by atoms with van der Waals surface area (Å²) in [6.07, 6.45) is 0. The molecule has 104 valence electrons. The van der Waals surface area contributed by atoms with Gasteiger partial charge in [-0.05, 0) is 31.2 Å². The molecule has 0 saturated carbocycles. The van der Waals surface area contributed by atoms with Crippen molar-refractivity contribution in [3.63, 3.8) is 0 Å². The van der Waals surface area contributed by atoms with Crippen LogP contribution in [0.4, 0.5) is 14.7 Å². The van der Waals surface area contributed by atoms with Crippen molar-refractivity contribution in [2.45, 2.75) is 13.5 Å². The van der Waals surface area contributed by atoms with Gasteiger partial charge in [0, 0.05) is 17.8 Å². The van der Waals surface area contributed by atoms with Crippen LogP contribution in [0.5, 0.6) is 0 Å². The van der Waals surface area contributed by atoms with Crippen LogP contribution in [0.1, 0.15) is 21.7 Å². The van der Waals surface area contributed by atoms with Crippen LogP contribution in [0, 0.1) is 18.6 Å². The van der Waals surface area contributed by atoms with Gasteiger partial charge in [-0.3, -0.25) is 0 Å². The third kappa shape index (κ3) is 3.25. The molecular weight excluding hydrogens is 268 g/mol. The van der Waals surface area contributed by atoms with Crippen molar-refractivity contribution in [1.82, 2.24) is 9.97 Å².